The Morgan fingerprint density at radius 1 is 0.796 bits per heavy atom. The SMILES string of the molecule is CCc1c(Cc2cc(C)cc(C)c2)n(COCC#Cc2ccc(CO[Si](c3ccccc3)(c3ccccc3)C(C)(C)C)cc2)c(=O)[nH]c1=O. The van der Waals surface area contributed by atoms with Crippen molar-refractivity contribution in [2.75, 3.05) is 6.61 Å². The monoisotopic (exact) mass is 670 g/mol. The van der Waals surface area contributed by atoms with E-state index in [-0.39, 0.29) is 23.9 Å². The van der Waals surface area contributed by atoms with Gasteiger partial charge in [-0.25, -0.2) is 4.79 Å². The highest BCUT2D eigenvalue weighted by Crippen LogP contribution is 2.37. The predicted molar refractivity (Wildman–Crippen MR) is 201 cm³/mol. The smallest absolute Gasteiger partial charge is 0.330 e. The fourth-order valence-corrected chi connectivity index (χ4v) is 11.2. The molecule has 0 saturated heterocycles. The zero-order chi connectivity index (χ0) is 35.0. The maximum atomic E-state index is 12.9. The fraction of sp³-hybridized carbons (Fsp3) is 0.286. The van der Waals surface area contributed by atoms with Gasteiger partial charge in [0, 0.05) is 23.2 Å². The molecule has 1 N–H and O–H groups in total. The number of H-pyrrole nitrogens is 1. The molecular weight excluding hydrogens is 625 g/mol. The van der Waals surface area contributed by atoms with Crippen LogP contribution in [0.4, 0.5) is 0 Å². The normalized spacial score (nSPS) is 11.6. The summed E-state index contributed by atoms with van der Waals surface area (Å²) in [6, 6.07) is 35.7. The van der Waals surface area contributed by atoms with Gasteiger partial charge in [0.15, 0.2) is 0 Å². The molecule has 6 nitrogen and oxygen atoms in total. The Morgan fingerprint density at radius 3 is 1.94 bits per heavy atom. The van der Waals surface area contributed by atoms with Crippen LogP contribution in [0.5, 0.6) is 0 Å². The van der Waals surface area contributed by atoms with Crippen LogP contribution in [-0.2, 0) is 35.3 Å². The van der Waals surface area contributed by atoms with Crippen molar-refractivity contribution in [3.63, 3.8) is 0 Å². The molecule has 0 aliphatic carbocycles. The van der Waals surface area contributed by atoms with Crippen molar-refractivity contribution in [2.45, 2.75) is 72.8 Å². The largest absolute Gasteiger partial charge is 0.403 e. The topological polar surface area (TPSA) is 73.3 Å². The maximum Gasteiger partial charge on any atom is 0.330 e. The molecule has 0 atom stereocenters. The number of aromatic nitrogens is 2. The Kier molecular flexibility index (Phi) is 11.4. The molecule has 0 bridgehead atoms. The van der Waals surface area contributed by atoms with Crippen LogP contribution in [0.3, 0.4) is 0 Å². The van der Waals surface area contributed by atoms with E-state index >= 15 is 0 Å². The number of hydrogen-bond donors (Lipinski definition) is 1. The average molecular weight is 671 g/mol. The highest BCUT2D eigenvalue weighted by molar-refractivity contribution is 6.99. The van der Waals surface area contributed by atoms with E-state index in [1.165, 1.54) is 14.9 Å². The summed E-state index contributed by atoms with van der Waals surface area (Å²) in [5, 5.41) is 2.41. The molecule has 0 aliphatic rings. The number of nitrogens with one attached hydrogen (secondary N) is 1. The number of aryl methyl sites for hydroxylation is 2. The molecule has 49 heavy (non-hydrogen) atoms. The highest BCUT2D eigenvalue weighted by atomic mass is 28.4. The molecule has 5 aromatic rings. The van der Waals surface area contributed by atoms with Gasteiger partial charge in [0.1, 0.15) is 13.3 Å². The van der Waals surface area contributed by atoms with Crippen LogP contribution in [0.15, 0.2) is 113 Å². The molecule has 252 valence electrons. The van der Waals surface area contributed by atoms with Gasteiger partial charge >= 0.3 is 5.69 Å². The fourth-order valence-electron chi connectivity index (χ4n) is 6.69. The molecule has 0 aliphatic heterocycles. The van der Waals surface area contributed by atoms with Crippen molar-refractivity contribution in [1.29, 1.82) is 0 Å². The summed E-state index contributed by atoms with van der Waals surface area (Å²) in [6.45, 7) is 13.5. The first kappa shape index (κ1) is 35.6. The molecule has 4 aromatic carbocycles. The summed E-state index contributed by atoms with van der Waals surface area (Å²) in [4.78, 5) is 28.0. The second-order valence-corrected chi connectivity index (χ2v) is 17.9. The first-order valence-corrected chi connectivity index (χ1v) is 18.7. The molecule has 1 heterocycles. The van der Waals surface area contributed by atoms with Crippen LogP contribution in [0.2, 0.25) is 5.04 Å². The summed E-state index contributed by atoms with van der Waals surface area (Å²) in [5.74, 6) is 6.24. The van der Waals surface area contributed by atoms with E-state index in [1.807, 2.05) is 32.9 Å². The number of aromatic amines is 1. The van der Waals surface area contributed by atoms with Gasteiger partial charge in [0.2, 0.25) is 0 Å². The third-order valence-electron chi connectivity index (χ3n) is 8.87. The number of ether oxygens (including phenoxy) is 1. The van der Waals surface area contributed by atoms with E-state index in [2.05, 4.69) is 129 Å². The van der Waals surface area contributed by atoms with Crippen LogP contribution >= 0.6 is 0 Å². The van der Waals surface area contributed by atoms with E-state index in [4.69, 9.17) is 9.16 Å². The quantitative estimate of drug-likeness (QED) is 0.100. The number of hydrogen-bond acceptors (Lipinski definition) is 4. The van der Waals surface area contributed by atoms with Gasteiger partial charge in [-0.1, -0.05) is 142 Å². The summed E-state index contributed by atoms with van der Waals surface area (Å²) >= 11 is 0. The van der Waals surface area contributed by atoms with Crippen molar-refractivity contribution in [3.05, 3.63) is 163 Å². The molecule has 0 amide bonds. The summed E-state index contributed by atoms with van der Waals surface area (Å²) in [6.07, 6.45) is 0.973. The summed E-state index contributed by atoms with van der Waals surface area (Å²) in [5.41, 5.74) is 5.70. The molecule has 5 rings (SSSR count). The Bertz CT molecular complexity index is 1990. The third kappa shape index (κ3) is 8.29. The lowest BCUT2D eigenvalue weighted by Crippen LogP contribution is -2.66. The first-order chi connectivity index (χ1) is 23.5. The zero-order valence-electron chi connectivity index (χ0n) is 29.4. The lowest BCUT2D eigenvalue weighted by Gasteiger charge is -2.43. The van der Waals surface area contributed by atoms with Gasteiger partial charge in [-0.3, -0.25) is 14.3 Å². The van der Waals surface area contributed by atoms with Crippen molar-refractivity contribution < 1.29 is 9.16 Å². The van der Waals surface area contributed by atoms with Crippen LogP contribution in [-0.4, -0.2) is 24.5 Å². The number of nitrogens with zero attached hydrogens (tertiary/aromatic N) is 1. The lowest BCUT2D eigenvalue weighted by atomic mass is 10.0. The van der Waals surface area contributed by atoms with E-state index < -0.39 is 14.0 Å². The van der Waals surface area contributed by atoms with Crippen LogP contribution in [0.25, 0.3) is 0 Å². The van der Waals surface area contributed by atoms with Crippen LogP contribution < -0.4 is 21.6 Å². The molecule has 0 saturated carbocycles. The maximum absolute atomic E-state index is 12.9. The molecule has 0 spiro atoms. The Balaban J connectivity index is 1.27. The first-order valence-electron chi connectivity index (χ1n) is 16.8. The molecule has 0 unspecified atom stereocenters. The van der Waals surface area contributed by atoms with Crippen molar-refractivity contribution in [2.24, 2.45) is 0 Å². The van der Waals surface area contributed by atoms with Crippen molar-refractivity contribution in [3.8, 4) is 11.8 Å². The van der Waals surface area contributed by atoms with E-state index in [0.29, 0.717) is 30.7 Å². The minimum Gasteiger partial charge on any atom is -0.403 e. The minimum absolute atomic E-state index is 0.00402. The van der Waals surface area contributed by atoms with Crippen LogP contribution in [0.1, 0.15) is 66.8 Å². The third-order valence-corrected chi connectivity index (χ3v) is 13.9. The minimum atomic E-state index is -2.64. The molecule has 1 aromatic heterocycles. The lowest BCUT2D eigenvalue weighted by molar-refractivity contribution is 0.0980. The van der Waals surface area contributed by atoms with Gasteiger partial charge in [-0.15, -0.1) is 0 Å². The van der Waals surface area contributed by atoms with Gasteiger partial charge in [0.25, 0.3) is 13.9 Å². The van der Waals surface area contributed by atoms with Gasteiger partial charge < -0.3 is 9.16 Å². The van der Waals surface area contributed by atoms with E-state index in [0.717, 1.165) is 27.8 Å². The molecule has 0 fully saturated rings. The predicted octanol–water partition coefficient (Wildman–Crippen LogP) is 6.41. The van der Waals surface area contributed by atoms with Gasteiger partial charge in [0.05, 0.1) is 6.61 Å². The van der Waals surface area contributed by atoms with Crippen molar-refractivity contribution >= 4 is 18.7 Å². The second kappa shape index (κ2) is 15.6. The Morgan fingerprint density at radius 2 is 1.39 bits per heavy atom. The average Bonchev–Trinajstić information content (AvgIpc) is 3.06. The Hall–Kier alpha value is -4.74. The van der Waals surface area contributed by atoms with E-state index in [1.54, 1.807) is 0 Å². The van der Waals surface area contributed by atoms with Crippen molar-refractivity contribution in [1.82, 2.24) is 9.55 Å². The van der Waals surface area contributed by atoms with E-state index in [9.17, 15) is 9.59 Å². The van der Waals surface area contributed by atoms with Crippen LogP contribution in [0, 0.1) is 25.7 Å². The standard InChI is InChI=1S/C42H46N2O4Si/c1-7-38-39(28-35-26-31(2)25-32(3)27-35)44(41(46)43-40(38)45)30-47-24-14-15-33-20-22-34(23-21-33)29-48-49(42(4,5)6,36-16-10-8-11-17-36)37-18-12-9-13-19-37/h8-13,16-23,25-27H,7,24,28-30H2,1-6H3,(H,43,45,46). The number of rotatable bonds is 11. The molecule has 0 radical (unpaired) electrons. The summed E-state index contributed by atoms with van der Waals surface area (Å²) in [7, 11) is -2.64. The number of benzene rings is 4. The second-order valence-electron chi connectivity index (χ2n) is 13.6. The molecular formula is C42H46N2O4Si. The highest BCUT2D eigenvalue weighted by Gasteiger charge is 2.50. The Labute approximate surface area is 290 Å². The van der Waals surface area contributed by atoms with Gasteiger partial charge in [-0.05, 0) is 58.9 Å². The zero-order valence-corrected chi connectivity index (χ0v) is 30.4. The van der Waals surface area contributed by atoms with Gasteiger partial charge in [-0.2, -0.15) is 0 Å². The summed E-state index contributed by atoms with van der Waals surface area (Å²) < 4.78 is 14.4. The molecule has 7 heteroatoms.